The fraction of sp³-hybridized carbons (Fsp3) is 0.909. The second-order valence-corrected chi connectivity index (χ2v) is 9.26. The molecule has 0 aromatic heterocycles. The largest absolute Gasteiger partial charge is 0.334 e. The number of likely N-dealkylation sites (tertiary alicyclic amines) is 2. The monoisotopic (exact) mass is 428 g/mol. The molecule has 0 spiro atoms. The predicted molar refractivity (Wildman–Crippen MR) is 113 cm³/mol. The van der Waals surface area contributed by atoms with E-state index in [9.17, 15) is 18.4 Å². The van der Waals surface area contributed by atoms with Gasteiger partial charge in [-0.2, -0.15) is 0 Å². The minimum atomic E-state index is -2.54. The minimum absolute atomic E-state index is 0.0546. The summed E-state index contributed by atoms with van der Waals surface area (Å²) >= 11 is 0. The van der Waals surface area contributed by atoms with E-state index < -0.39 is 5.92 Å². The van der Waals surface area contributed by atoms with Crippen LogP contribution < -0.4 is 5.32 Å². The number of nitrogens with zero attached hydrogens (tertiary/aromatic N) is 3. The molecule has 6 nitrogen and oxygen atoms in total. The molecule has 30 heavy (non-hydrogen) atoms. The van der Waals surface area contributed by atoms with E-state index in [-0.39, 0.29) is 24.9 Å². The summed E-state index contributed by atoms with van der Waals surface area (Å²) in [5.74, 6) is -1.86. The summed E-state index contributed by atoms with van der Waals surface area (Å²) < 4.78 is 26.7. The number of nitrogens with one attached hydrogen (secondary N) is 1. The maximum atomic E-state index is 13.3. The van der Waals surface area contributed by atoms with E-state index in [1.165, 1.54) is 0 Å². The SMILES string of the molecule is CCCN1C[C@@H](NC(=O)N(CC)CCN2CCC(F)(F)CC2)C[C@@H]2CC(=O)CC[C@H]21. The van der Waals surface area contributed by atoms with Crippen molar-refractivity contribution in [2.45, 2.75) is 76.8 Å². The van der Waals surface area contributed by atoms with Crippen LogP contribution in [-0.2, 0) is 4.79 Å². The molecule has 2 heterocycles. The van der Waals surface area contributed by atoms with Gasteiger partial charge in [-0.25, -0.2) is 13.6 Å². The van der Waals surface area contributed by atoms with Crippen LogP contribution in [0.1, 0.15) is 58.8 Å². The van der Waals surface area contributed by atoms with Gasteiger partial charge in [-0.3, -0.25) is 9.69 Å². The van der Waals surface area contributed by atoms with Crippen LogP contribution in [-0.4, -0.2) is 90.3 Å². The first kappa shape index (κ1) is 23.4. The highest BCUT2D eigenvalue weighted by atomic mass is 19.3. The van der Waals surface area contributed by atoms with Crippen LogP contribution in [0.25, 0.3) is 0 Å². The summed E-state index contributed by atoms with van der Waals surface area (Å²) in [7, 11) is 0. The quantitative estimate of drug-likeness (QED) is 0.677. The number of carbonyl (C=O) groups excluding carboxylic acids is 2. The molecule has 3 aliphatic rings. The van der Waals surface area contributed by atoms with Gasteiger partial charge in [0.25, 0.3) is 5.92 Å². The normalized spacial score (nSPS) is 30.0. The van der Waals surface area contributed by atoms with E-state index in [1.807, 2.05) is 11.8 Å². The van der Waals surface area contributed by atoms with Crippen LogP contribution in [0, 0.1) is 5.92 Å². The number of carbonyl (C=O) groups is 2. The highest BCUT2D eigenvalue weighted by molar-refractivity contribution is 5.79. The smallest absolute Gasteiger partial charge is 0.317 e. The molecule has 1 saturated carbocycles. The third-order valence-electron chi connectivity index (χ3n) is 7.05. The Morgan fingerprint density at radius 1 is 1.23 bits per heavy atom. The van der Waals surface area contributed by atoms with Crippen molar-refractivity contribution in [1.82, 2.24) is 20.0 Å². The van der Waals surface area contributed by atoms with Crippen LogP contribution in [0.5, 0.6) is 0 Å². The first-order valence-electron chi connectivity index (χ1n) is 11.7. The average Bonchev–Trinajstić information content (AvgIpc) is 2.69. The molecule has 0 bridgehead atoms. The Bertz CT molecular complexity index is 594. The fourth-order valence-electron chi connectivity index (χ4n) is 5.34. The number of likely N-dealkylation sites (N-methyl/N-ethyl adjacent to an activating group) is 1. The molecular weight excluding hydrogens is 390 g/mol. The molecule has 2 saturated heterocycles. The number of alkyl halides is 2. The molecule has 3 fully saturated rings. The Labute approximate surface area is 179 Å². The van der Waals surface area contributed by atoms with Crippen LogP contribution >= 0.6 is 0 Å². The zero-order valence-corrected chi connectivity index (χ0v) is 18.5. The molecule has 1 N–H and O–H groups in total. The first-order valence-corrected chi connectivity index (χ1v) is 11.7. The number of Topliss-reactive ketones (excluding diaryl/α,β-unsaturated/α-hetero) is 1. The van der Waals surface area contributed by atoms with E-state index in [4.69, 9.17) is 0 Å². The van der Waals surface area contributed by atoms with Gasteiger partial charge in [0.2, 0.25) is 0 Å². The number of fused-ring (bicyclic) bond motifs is 1. The van der Waals surface area contributed by atoms with Crippen molar-refractivity contribution in [1.29, 1.82) is 0 Å². The number of halogens is 2. The number of amides is 2. The van der Waals surface area contributed by atoms with Crippen molar-refractivity contribution in [3.8, 4) is 0 Å². The Balaban J connectivity index is 1.50. The van der Waals surface area contributed by atoms with Gasteiger partial charge in [0.05, 0.1) is 0 Å². The zero-order valence-electron chi connectivity index (χ0n) is 18.5. The topological polar surface area (TPSA) is 55.9 Å². The summed E-state index contributed by atoms with van der Waals surface area (Å²) in [6.07, 6.45) is 4.00. The number of ketones is 1. The summed E-state index contributed by atoms with van der Waals surface area (Å²) in [5, 5.41) is 3.20. The Hall–Kier alpha value is -1.28. The number of hydrogen-bond donors (Lipinski definition) is 1. The molecule has 0 radical (unpaired) electrons. The maximum absolute atomic E-state index is 13.3. The molecular formula is C22H38F2N4O2. The van der Waals surface area contributed by atoms with Gasteiger partial charge in [0.15, 0.2) is 0 Å². The first-order chi connectivity index (χ1) is 14.3. The van der Waals surface area contributed by atoms with Gasteiger partial charge >= 0.3 is 6.03 Å². The summed E-state index contributed by atoms with van der Waals surface area (Å²) in [6.45, 7) is 8.49. The Morgan fingerprint density at radius 2 is 1.97 bits per heavy atom. The number of hydrogen-bond acceptors (Lipinski definition) is 4. The van der Waals surface area contributed by atoms with E-state index in [0.717, 1.165) is 32.4 Å². The molecule has 3 atom stereocenters. The summed E-state index contributed by atoms with van der Waals surface area (Å²) in [5.41, 5.74) is 0. The molecule has 3 rings (SSSR count). The van der Waals surface area contributed by atoms with Crippen LogP contribution in [0.2, 0.25) is 0 Å². The molecule has 0 aromatic rings. The second-order valence-electron chi connectivity index (χ2n) is 9.26. The number of piperidine rings is 2. The summed E-state index contributed by atoms with van der Waals surface area (Å²) in [6, 6.07) is 0.441. The Morgan fingerprint density at radius 3 is 2.63 bits per heavy atom. The molecule has 8 heteroatoms. The van der Waals surface area contributed by atoms with Gasteiger partial charge in [-0.1, -0.05) is 6.92 Å². The highest BCUT2D eigenvalue weighted by Crippen LogP contribution is 2.34. The molecule has 0 aromatic carbocycles. The lowest BCUT2D eigenvalue weighted by Crippen LogP contribution is -2.59. The van der Waals surface area contributed by atoms with E-state index in [1.54, 1.807) is 4.90 Å². The van der Waals surface area contributed by atoms with Gasteiger partial charge in [0, 0.05) is 77.0 Å². The molecule has 2 aliphatic heterocycles. The molecule has 0 unspecified atom stereocenters. The summed E-state index contributed by atoms with van der Waals surface area (Å²) in [4.78, 5) is 31.1. The molecule has 1 aliphatic carbocycles. The van der Waals surface area contributed by atoms with Crippen molar-refractivity contribution in [3.63, 3.8) is 0 Å². The average molecular weight is 429 g/mol. The van der Waals surface area contributed by atoms with Crippen molar-refractivity contribution in [2.75, 3.05) is 45.8 Å². The van der Waals surface area contributed by atoms with E-state index >= 15 is 0 Å². The van der Waals surface area contributed by atoms with Gasteiger partial charge in [-0.15, -0.1) is 0 Å². The highest BCUT2D eigenvalue weighted by Gasteiger charge is 2.40. The van der Waals surface area contributed by atoms with Gasteiger partial charge in [0.1, 0.15) is 5.78 Å². The lowest BCUT2D eigenvalue weighted by Gasteiger charge is -2.47. The Kier molecular flexibility index (Phi) is 8.07. The second kappa shape index (κ2) is 10.4. The van der Waals surface area contributed by atoms with Crippen molar-refractivity contribution < 1.29 is 18.4 Å². The molecule has 2 amide bonds. The van der Waals surface area contributed by atoms with Crippen LogP contribution in [0.15, 0.2) is 0 Å². The predicted octanol–water partition coefficient (Wildman–Crippen LogP) is 2.97. The van der Waals surface area contributed by atoms with Gasteiger partial charge in [-0.05, 0) is 38.6 Å². The minimum Gasteiger partial charge on any atom is -0.334 e. The van der Waals surface area contributed by atoms with E-state index in [0.29, 0.717) is 63.3 Å². The van der Waals surface area contributed by atoms with Crippen molar-refractivity contribution >= 4 is 11.8 Å². The zero-order chi connectivity index (χ0) is 21.7. The standard InChI is InChI=1S/C22H38F2N4O2/c1-3-9-28-16-18(14-17-15-19(29)5-6-20(17)28)25-21(30)27(4-2)13-12-26-10-7-22(23,24)8-11-26/h17-18,20H,3-16H2,1-2H3,(H,25,30)/t17-,18+,20-/m1/s1. The van der Waals surface area contributed by atoms with Crippen molar-refractivity contribution in [3.05, 3.63) is 0 Å². The number of rotatable bonds is 7. The van der Waals surface area contributed by atoms with Crippen molar-refractivity contribution in [2.24, 2.45) is 5.92 Å². The van der Waals surface area contributed by atoms with Crippen LogP contribution in [0.3, 0.4) is 0 Å². The third kappa shape index (κ3) is 6.13. The fourth-order valence-corrected chi connectivity index (χ4v) is 5.34. The third-order valence-corrected chi connectivity index (χ3v) is 7.05. The molecule has 172 valence electrons. The lowest BCUT2D eigenvalue weighted by atomic mass is 9.76. The van der Waals surface area contributed by atoms with Crippen LogP contribution in [0.4, 0.5) is 13.6 Å². The lowest BCUT2D eigenvalue weighted by molar-refractivity contribution is -0.124. The van der Waals surface area contributed by atoms with E-state index in [2.05, 4.69) is 17.1 Å². The maximum Gasteiger partial charge on any atom is 0.317 e. The van der Waals surface area contributed by atoms with Gasteiger partial charge < -0.3 is 15.1 Å². The number of urea groups is 1.